The van der Waals surface area contributed by atoms with Crippen molar-refractivity contribution >= 4 is 11.8 Å². The van der Waals surface area contributed by atoms with Crippen molar-refractivity contribution in [1.82, 2.24) is 5.32 Å². The largest absolute Gasteiger partial charge is 0.459 e. The predicted molar refractivity (Wildman–Crippen MR) is 110 cm³/mol. The number of ether oxygens (including phenoxy) is 2. The van der Waals surface area contributed by atoms with E-state index in [9.17, 15) is 18.4 Å². The number of ketones is 1. The zero-order chi connectivity index (χ0) is 22.3. The molecule has 0 spiro atoms. The van der Waals surface area contributed by atoms with E-state index in [0.717, 1.165) is 30.7 Å². The van der Waals surface area contributed by atoms with Crippen molar-refractivity contribution in [3.8, 4) is 0 Å². The summed E-state index contributed by atoms with van der Waals surface area (Å²) in [6.45, 7) is 6.52. The lowest BCUT2D eigenvalue weighted by molar-refractivity contribution is -0.142. The first-order valence-corrected chi connectivity index (χ1v) is 10.6. The Morgan fingerprint density at radius 1 is 1.26 bits per heavy atom. The lowest BCUT2D eigenvalue weighted by Gasteiger charge is -2.39. The molecule has 4 rings (SSSR count). The number of allylic oxidation sites excluding steroid dienone is 3. The maximum Gasteiger partial charge on any atom is 0.336 e. The van der Waals surface area contributed by atoms with Gasteiger partial charge >= 0.3 is 5.97 Å². The van der Waals surface area contributed by atoms with Crippen LogP contribution in [0.3, 0.4) is 0 Å². The van der Waals surface area contributed by atoms with E-state index in [1.807, 2.05) is 13.8 Å². The molecule has 2 unspecified atom stereocenters. The molecule has 166 valence electrons. The first-order chi connectivity index (χ1) is 14.7. The summed E-state index contributed by atoms with van der Waals surface area (Å²) >= 11 is 0. The summed E-state index contributed by atoms with van der Waals surface area (Å²) in [6.07, 6.45) is 2.52. The molecule has 2 aliphatic heterocycles. The molecule has 1 fully saturated rings. The molecule has 2 heterocycles. The van der Waals surface area contributed by atoms with Gasteiger partial charge in [-0.1, -0.05) is 19.9 Å². The fraction of sp³-hybridized carbons (Fsp3) is 0.500. The Hall–Kier alpha value is -2.54. The average Bonchev–Trinajstić information content (AvgIpc) is 3.20. The minimum Gasteiger partial charge on any atom is -0.459 e. The Morgan fingerprint density at radius 2 is 2.03 bits per heavy atom. The van der Waals surface area contributed by atoms with Crippen LogP contribution in [0.15, 0.2) is 40.7 Å². The van der Waals surface area contributed by atoms with Crippen LogP contribution in [0, 0.1) is 17.0 Å². The van der Waals surface area contributed by atoms with Crippen molar-refractivity contribution in [3.05, 3.63) is 57.9 Å². The van der Waals surface area contributed by atoms with Crippen LogP contribution in [0.5, 0.6) is 0 Å². The highest BCUT2D eigenvalue weighted by Gasteiger charge is 2.43. The minimum atomic E-state index is -1.02. The second kappa shape index (κ2) is 8.19. The Labute approximate surface area is 180 Å². The van der Waals surface area contributed by atoms with Gasteiger partial charge in [-0.15, -0.1) is 0 Å². The highest BCUT2D eigenvalue weighted by atomic mass is 19.2. The molecule has 0 bridgehead atoms. The number of benzene rings is 1. The van der Waals surface area contributed by atoms with Crippen LogP contribution >= 0.6 is 0 Å². The molecular weight excluding hydrogens is 404 g/mol. The van der Waals surface area contributed by atoms with Crippen molar-refractivity contribution in [1.29, 1.82) is 0 Å². The van der Waals surface area contributed by atoms with Crippen molar-refractivity contribution in [3.63, 3.8) is 0 Å². The maximum atomic E-state index is 14.1. The predicted octanol–water partition coefficient (Wildman–Crippen LogP) is 4.29. The summed E-state index contributed by atoms with van der Waals surface area (Å²) in [7, 11) is 0. The third-order valence-electron chi connectivity index (χ3n) is 6.16. The number of carbonyl (C=O) groups is 2. The third-order valence-corrected chi connectivity index (χ3v) is 6.16. The number of esters is 1. The van der Waals surface area contributed by atoms with Crippen molar-refractivity contribution in [2.75, 3.05) is 13.2 Å². The topological polar surface area (TPSA) is 64.6 Å². The van der Waals surface area contributed by atoms with Gasteiger partial charge in [0.2, 0.25) is 0 Å². The standard InChI is InChI=1S/C24H27F2NO4/c1-13-20(23(29)31-12-15-5-4-8-30-15)21(14-6-7-16(25)17(26)9-14)22-18(27-13)10-24(2,3)11-19(22)28/h6-7,9,15,21,27H,4-5,8,10-12H2,1-3H3. The number of dihydropyridines is 1. The lowest BCUT2D eigenvalue weighted by atomic mass is 9.68. The summed E-state index contributed by atoms with van der Waals surface area (Å²) < 4.78 is 38.8. The van der Waals surface area contributed by atoms with Crippen LogP contribution in [-0.4, -0.2) is 31.1 Å². The first-order valence-electron chi connectivity index (χ1n) is 10.6. The van der Waals surface area contributed by atoms with Crippen LogP contribution in [0.25, 0.3) is 0 Å². The molecule has 1 aromatic carbocycles. The molecule has 1 saturated heterocycles. The molecule has 5 nitrogen and oxygen atoms in total. The van der Waals surface area contributed by atoms with Gasteiger partial charge in [0.15, 0.2) is 17.4 Å². The lowest BCUT2D eigenvalue weighted by Crippen LogP contribution is -2.39. The van der Waals surface area contributed by atoms with E-state index >= 15 is 0 Å². The van der Waals surface area contributed by atoms with Gasteiger partial charge in [-0.25, -0.2) is 13.6 Å². The molecule has 0 saturated carbocycles. The van der Waals surface area contributed by atoms with Gasteiger partial charge in [0.25, 0.3) is 0 Å². The molecule has 0 aromatic heterocycles. The fourth-order valence-electron chi connectivity index (χ4n) is 4.75. The number of hydrogen-bond acceptors (Lipinski definition) is 5. The summed E-state index contributed by atoms with van der Waals surface area (Å²) in [5.74, 6) is -3.51. The van der Waals surface area contributed by atoms with Crippen LogP contribution in [-0.2, 0) is 19.1 Å². The normalized spacial score (nSPS) is 25.4. The van der Waals surface area contributed by atoms with E-state index in [1.165, 1.54) is 6.07 Å². The fourth-order valence-corrected chi connectivity index (χ4v) is 4.75. The van der Waals surface area contributed by atoms with Crippen LogP contribution < -0.4 is 5.32 Å². The summed E-state index contributed by atoms with van der Waals surface area (Å²) in [5, 5.41) is 3.23. The Bertz CT molecular complexity index is 989. The van der Waals surface area contributed by atoms with Gasteiger partial charge in [0, 0.05) is 35.9 Å². The van der Waals surface area contributed by atoms with Crippen molar-refractivity contribution in [2.24, 2.45) is 5.41 Å². The monoisotopic (exact) mass is 431 g/mol. The molecule has 0 radical (unpaired) electrons. The minimum absolute atomic E-state index is 0.106. The average molecular weight is 431 g/mol. The Morgan fingerprint density at radius 3 is 2.71 bits per heavy atom. The van der Waals surface area contributed by atoms with E-state index in [4.69, 9.17) is 9.47 Å². The van der Waals surface area contributed by atoms with Crippen LogP contribution in [0.1, 0.15) is 57.9 Å². The zero-order valence-electron chi connectivity index (χ0n) is 18.0. The van der Waals surface area contributed by atoms with Crippen LogP contribution in [0.4, 0.5) is 8.78 Å². The number of rotatable bonds is 4. The van der Waals surface area contributed by atoms with E-state index in [0.29, 0.717) is 36.3 Å². The van der Waals surface area contributed by atoms with Crippen LogP contribution in [0.2, 0.25) is 0 Å². The maximum absolute atomic E-state index is 14.1. The van der Waals surface area contributed by atoms with Crippen molar-refractivity contribution in [2.45, 2.75) is 58.5 Å². The number of nitrogens with one attached hydrogen (secondary N) is 1. The van der Waals surface area contributed by atoms with Gasteiger partial charge in [-0.05, 0) is 49.3 Å². The Kier molecular flexibility index (Phi) is 5.73. The quantitative estimate of drug-likeness (QED) is 0.721. The van der Waals surface area contributed by atoms with E-state index in [-0.39, 0.29) is 29.5 Å². The number of carbonyl (C=O) groups excluding carboxylic acids is 2. The molecule has 2 atom stereocenters. The van der Waals surface area contributed by atoms with E-state index in [2.05, 4.69) is 5.32 Å². The van der Waals surface area contributed by atoms with Gasteiger partial charge in [0.05, 0.1) is 11.7 Å². The smallest absolute Gasteiger partial charge is 0.336 e. The molecular formula is C24H27F2NO4. The van der Waals surface area contributed by atoms with E-state index in [1.54, 1.807) is 6.92 Å². The summed E-state index contributed by atoms with van der Waals surface area (Å²) in [5.41, 5.74) is 2.07. The molecule has 1 aliphatic carbocycles. The Balaban J connectivity index is 1.74. The van der Waals surface area contributed by atoms with Gasteiger partial charge < -0.3 is 14.8 Å². The molecule has 1 N–H and O–H groups in total. The molecule has 1 aromatic rings. The number of Topliss-reactive ketones (excluding diaryl/α,β-unsaturated/α-hetero) is 1. The second-order valence-corrected chi connectivity index (χ2v) is 9.34. The van der Waals surface area contributed by atoms with E-state index < -0.39 is 23.5 Å². The molecule has 7 heteroatoms. The third kappa shape index (κ3) is 4.28. The highest BCUT2D eigenvalue weighted by Crippen LogP contribution is 2.47. The SMILES string of the molecule is CC1=C(C(=O)OCC2CCCO2)C(c2ccc(F)c(F)c2)C2=C(CC(C)(C)CC2=O)N1. The molecule has 0 amide bonds. The van der Waals surface area contributed by atoms with Gasteiger partial charge in [-0.3, -0.25) is 4.79 Å². The summed E-state index contributed by atoms with van der Waals surface area (Å²) in [6, 6.07) is 3.51. The van der Waals surface area contributed by atoms with Crippen molar-refractivity contribution < 1.29 is 27.8 Å². The number of halogens is 2. The molecule has 3 aliphatic rings. The zero-order valence-corrected chi connectivity index (χ0v) is 18.0. The second-order valence-electron chi connectivity index (χ2n) is 9.34. The van der Waals surface area contributed by atoms with Gasteiger partial charge in [-0.2, -0.15) is 0 Å². The molecule has 31 heavy (non-hydrogen) atoms. The summed E-state index contributed by atoms with van der Waals surface area (Å²) in [4.78, 5) is 26.3. The first kappa shape index (κ1) is 21.7. The van der Waals surface area contributed by atoms with Gasteiger partial charge in [0.1, 0.15) is 6.61 Å². The number of hydrogen-bond donors (Lipinski definition) is 1. The highest BCUT2D eigenvalue weighted by molar-refractivity contribution is 6.04.